The van der Waals surface area contributed by atoms with Gasteiger partial charge in [-0.2, -0.15) is 4.80 Å². The first-order valence-electron chi connectivity index (χ1n) is 11.1. The summed E-state index contributed by atoms with van der Waals surface area (Å²) in [7, 11) is 0. The summed E-state index contributed by atoms with van der Waals surface area (Å²) < 4.78 is 0. The number of hydrogen-bond acceptors (Lipinski definition) is 4. The van der Waals surface area contributed by atoms with E-state index in [4.69, 9.17) is 0 Å². The van der Waals surface area contributed by atoms with Gasteiger partial charge in [-0.3, -0.25) is 4.79 Å². The van der Waals surface area contributed by atoms with Gasteiger partial charge in [-0.05, 0) is 56.4 Å². The first kappa shape index (κ1) is 21.2. The molecule has 4 rings (SSSR count). The van der Waals surface area contributed by atoms with Gasteiger partial charge in [0, 0.05) is 16.8 Å². The summed E-state index contributed by atoms with van der Waals surface area (Å²) in [6.45, 7) is 9.33. The van der Waals surface area contributed by atoms with Gasteiger partial charge >= 0.3 is 0 Å². The summed E-state index contributed by atoms with van der Waals surface area (Å²) in [4.78, 5) is 15.8. The predicted octanol–water partition coefficient (Wildman–Crippen LogP) is 2.73. The van der Waals surface area contributed by atoms with E-state index in [1.54, 1.807) is 11.8 Å². The van der Waals surface area contributed by atoms with Crippen LogP contribution >= 0.6 is 0 Å². The molecule has 1 fully saturated rings. The molecule has 1 aliphatic heterocycles. The van der Waals surface area contributed by atoms with Gasteiger partial charge in [0.25, 0.3) is 5.91 Å². The standard InChI is InChI=1S/C24H30N6O/c1-17-8-7-9-18(2)22(17)25-24(31)19(3)30-27-23(26-28-30)21-12-10-20(11-13-21)16-29-14-5-4-6-15-29/h7-13,19H,4-6,14-16H2,1-3H3,(H,25,31)/p+1/t19-/m1/s1. The monoisotopic (exact) mass is 419 g/mol. The predicted molar refractivity (Wildman–Crippen MR) is 121 cm³/mol. The Hall–Kier alpha value is -3.06. The maximum atomic E-state index is 12.8. The number of nitrogens with one attached hydrogen (secondary N) is 2. The van der Waals surface area contributed by atoms with Gasteiger partial charge < -0.3 is 10.2 Å². The number of quaternary nitrogens is 1. The number of rotatable bonds is 6. The van der Waals surface area contributed by atoms with Crippen LogP contribution in [0.15, 0.2) is 42.5 Å². The first-order chi connectivity index (χ1) is 15.0. The van der Waals surface area contributed by atoms with Crippen molar-refractivity contribution in [3.63, 3.8) is 0 Å². The van der Waals surface area contributed by atoms with Crippen molar-refractivity contribution in [3.05, 3.63) is 59.2 Å². The fourth-order valence-electron chi connectivity index (χ4n) is 4.14. The van der Waals surface area contributed by atoms with Crippen LogP contribution in [-0.4, -0.2) is 39.2 Å². The number of para-hydroxylation sites is 1. The van der Waals surface area contributed by atoms with E-state index in [9.17, 15) is 4.79 Å². The highest BCUT2D eigenvalue weighted by Gasteiger charge is 2.20. The maximum absolute atomic E-state index is 12.8. The largest absolute Gasteiger partial charge is 0.331 e. The molecule has 1 saturated heterocycles. The fraction of sp³-hybridized carbons (Fsp3) is 0.417. The maximum Gasteiger partial charge on any atom is 0.250 e. The van der Waals surface area contributed by atoms with Gasteiger partial charge in [0.2, 0.25) is 5.82 Å². The molecule has 0 spiro atoms. The summed E-state index contributed by atoms with van der Waals surface area (Å²) in [5, 5.41) is 15.8. The number of benzene rings is 2. The van der Waals surface area contributed by atoms with Gasteiger partial charge in [-0.15, -0.1) is 10.2 Å². The smallest absolute Gasteiger partial charge is 0.250 e. The number of tetrazole rings is 1. The molecule has 7 nitrogen and oxygen atoms in total. The number of hydrogen-bond donors (Lipinski definition) is 2. The van der Waals surface area contributed by atoms with Crippen molar-refractivity contribution in [1.82, 2.24) is 20.2 Å². The molecule has 3 aromatic rings. The zero-order chi connectivity index (χ0) is 21.8. The van der Waals surface area contributed by atoms with E-state index < -0.39 is 6.04 Å². The molecule has 1 aromatic heterocycles. The zero-order valence-electron chi connectivity index (χ0n) is 18.6. The van der Waals surface area contributed by atoms with Crippen LogP contribution in [0.25, 0.3) is 11.4 Å². The molecule has 0 bridgehead atoms. The number of likely N-dealkylation sites (tertiary alicyclic amines) is 1. The van der Waals surface area contributed by atoms with E-state index in [1.165, 1.54) is 42.7 Å². The molecule has 0 radical (unpaired) electrons. The minimum Gasteiger partial charge on any atom is -0.331 e. The Morgan fingerprint density at radius 1 is 1.06 bits per heavy atom. The third kappa shape index (κ3) is 4.99. The summed E-state index contributed by atoms with van der Waals surface area (Å²) in [5.74, 6) is 0.366. The van der Waals surface area contributed by atoms with Gasteiger partial charge in [-0.25, -0.2) is 0 Å². The summed E-state index contributed by atoms with van der Waals surface area (Å²) in [5.41, 5.74) is 5.13. The number of aryl methyl sites for hydroxylation is 2. The molecule has 1 aliphatic rings. The Bertz CT molecular complexity index is 1020. The Labute approximate surface area is 183 Å². The molecule has 162 valence electrons. The van der Waals surface area contributed by atoms with Gasteiger partial charge in [0.15, 0.2) is 0 Å². The fourth-order valence-corrected chi connectivity index (χ4v) is 4.14. The van der Waals surface area contributed by atoms with Crippen molar-refractivity contribution in [1.29, 1.82) is 0 Å². The van der Waals surface area contributed by atoms with Crippen molar-refractivity contribution in [2.75, 3.05) is 18.4 Å². The molecule has 1 amide bonds. The third-order valence-corrected chi connectivity index (χ3v) is 6.11. The molecule has 31 heavy (non-hydrogen) atoms. The van der Waals surface area contributed by atoms with Crippen molar-refractivity contribution in [2.45, 2.75) is 52.6 Å². The van der Waals surface area contributed by atoms with Crippen LogP contribution in [0.3, 0.4) is 0 Å². The van der Waals surface area contributed by atoms with Crippen LogP contribution in [0.1, 0.15) is 48.9 Å². The van der Waals surface area contributed by atoms with Crippen LogP contribution in [0.4, 0.5) is 5.69 Å². The van der Waals surface area contributed by atoms with Crippen LogP contribution in [0.5, 0.6) is 0 Å². The normalized spacial score (nSPS) is 15.6. The second kappa shape index (κ2) is 9.39. The summed E-state index contributed by atoms with van der Waals surface area (Å²) in [6, 6.07) is 13.8. The number of amides is 1. The molecular weight excluding hydrogens is 388 g/mol. The third-order valence-electron chi connectivity index (χ3n) is 6.11. The highest BCUT2D eigenvalue weighted by atomic mass is 16.2. The number of carbonyl (C=O) groups excluding carboxylic acids is 1. The number of aromatic nitrogens is 4. The molecule has 0 aliphatic carbocycles. The van der Waals surface area contributed by atoms with E-state index in [0.717, 1.165) is 28.9 Å². The lowest BCUT2D eigenvalue weighted by atomic mass is 10.1. The van der Waals surface area contributed by atoms with Crippen molar-refractivity contribution < 1.29 is 9.69 Å². The second-order valence-corrected chi connectivity index (χ2v) is 8.55. The summed E-state index contributed by atoms with van der Waals surface area (Å²) >= 11 is 0. The Balaban J connectivity index is 1.41. The molecule has 2 aromatic carbocycles. The molecule has 2 N–H and O–H groups in total. The van der Waals surface area contributed by atoms with Crippen molar-refractivity contribution in [3.8, 4) is 11.4 Å². The number of nitrogens with zero attached hydrogens (tertiary/aromatic N) is 4. The Morgan fingerprint density at radius 3 is 2.42 bits per heavy atom. The van der Waals surface area contributed by atoms with Gasteiger partial charge in [0.1, 0.15) is 12.6 Å². The quantitative estimate of drug-likeness (QED) is 0.644. The number of piperidine rings is 1. The second-order valence-electron chi connectivity index (χ2n) is 8.55. The Morgan fingerprint density at radius 2 is 1.74 bits per heavy atom. The average Bonchev–Trinajstić information content (AvgIpc) is 3.27. The lowest BCUT2D eigenvalue weighted by Crippen LogP contribution is -3.11. The number of anilines is 1. The van der Waals surface area contributed by atoms with Crippen LogP contribution in [0.2, 0.25) is 0 Å². The molecule has 0 saturated carbocycles. The SMILES string of the molecule is Cc1cccc(C)c1NC(=O)[C@@H](C)n1nnc(-c2ccc(C[NH+]3CCCCC3)cc2)n1. The minimum absolute atomic E-state index is 0.166. The van der Waals surface area contributed by atoms with Crippen LogP contribution in [0, 0.1) is 13.8 Å². The summed E-state index contributed by atoms with van der Waals surface area (Å²) in [6.07, 6.45) is 4.02. The minimum atomic E-state index is -0.567. The van der Waals surface area contributed by atoms with E-state index >= 15 is 0 Å². The van der Waals surface area contributed by atoms with E-state index in [2.05, 4.69) is 32.9 Å². The first-order valence-corrected chi connectivity index (χ1v) is 11.1. The topological polar surface area (TPSA) is 77.1 Å². The molecule has 2 heterocycles. The Kier molecular flexibility index (Phi) is 6.42. The van der Waals surface area contributed by atoms with Crippen molar-refractivity contribution in [2.24, 2.45) is 0 Å². The highest BCUT2D eigenvalue weighted by molar-refractivity contribution is 5.94. The van der Waals surface area contributed by atoms with Gasteiger partial charge in [-0.1, -0.05) is 42.5 Å². The molecule has 1 atom stereocenters. The van der Waals surface area contributed by atoms with Crippen molar-refractivity contribution >= 4 is 11.6 Å². The molecular formula is C24H31N6O+. The highest BCUT2D eigenvalue weighted by Crippen LogP contribution is 2.21. The lowest BCUT2D eigenvalue weighted by Gasteiger charge is -2.23. The van der Waals surface area contributed by atoms with Gasteiger partial charge in [0.05, 0.1) is 13.1 Å². The van der Waals surface area contributed by atoms with E-state index in [0.29, 0.717) is 5.82 Å². The van der Waals surface area contributed by atoms with Crippen LogP contribution in [-0.2, 0) is 11.3 Å². The van der Waals surface area contributed by atoms with E-state index in [1.807, 2.05) is 44.2 Å². The van der Waals surface area contributed by atoms with Crippen LogP contribution < -0.4 is 10.2 Å². The number of carbonyl (C=O) groups is 1. The zero-order valence-corrected chi connectivity index (χ0v) is 18.6. The molecule has 0 unspecified atom stereocenters. The lowest BCUT2D eigenvalue weighted by molar-refractivity contribution is -0.918. The average molecular weight is 420 g/mol. The van der Waals surface area contributed by atoms with E-state index in [-0.39, 0.29) is 5.91 Å². The molecule has 7 heteroatoms.